The van der Waals surface area contributed by atoms with Gasteiger partial charge >= 0.3 is 0 Å². The number of hydrogen-bond acceptors (Lipinski definition) is 5. The SMILES string of the molecule is C[C@]1(O)O[C@H](CO)[C@H](O)[C@H]1O. The predicted octanol–water partition coefficient (Wildman–Crippen LogP) is -2.19. The predicted molar refractivity (Wildman–Crippen MR) is 34.6 cm³/mol. The van der Waals surface area contributed by atoms with E-state index < -0.39 is 30.7 Å². The number of aliphatic hydroxyl groups excluding tert-OH is 3. The van der Waals surface area contributed by atoms with Crippen molar-refractivity contribution in [1.29, 1.82) is 0 Å². The van der Waals surface area contributed by atoms with E-state index in [4.69, 9.17) is 20.1 Å². The molecule has 0 spiro atoms. The summed E-state index contributed by atoms with van der Waals surface area (Å²) in [6, 6.07) is 0. The standard InChI is InChI=1S/C6H12O5/c1-6(10)5(9)4(8)3(2-7)11-6/h3-5,7-10H,2H2,1H3/t3-,4+,5-,6+/m1/s1. The van der Waals surface area contributed by atoms with E-state index >= 15 is 0 Å². The number of aliphatic hydroxyl groups is 4. The molecule has 5 heteroatoms. The maximum Gasteiger partial charge on any atom is 0.192 e. The molecule has 0 aliphatic carbocycles. The maximum atomic E-state index is 9.19. The fraction of sp³-hybridized carbons (Fsp3) is 1.00. The van der Waals surface area contributed by atoms with Crippen LogP contribution in [0.4, 0.5) is 0 Å². The van der Waals surface area contributed by atoms with Crippen molar-refractivity contribution >= 4 is 0 Å². The Kier molecular flexibility index (Phi) is 2.17. The van der Waals surface area contributed by atoms with Crippen LogP contribution in [0, 0.1) is 0 Å². The van der Waals surface area contributed by atoms with E-state index in [9.17, 15) is 5.11 Å². The van der Waals surface area contributed by atoms with E-state index in [0.29, 0.717) is 0 Å². The lowest BCUT2D eigenvalue weighted by Crippen LogP contribution is -2.40. The second-order valence-electron chi connectivity index (χ2n) is 2.83. The molecule has 0 unspecified atom stereocenters. The Morgan fingerprint density at radius 3 is 2.18 bits per heavy atom. The smallest absolute Gasteiger partial charge is 0.192 e. The van der Waals surface area contributed by atoms with Crippen LogP contribution < -0.4 is 0 Å². The van der Waals surface area contributed by atoms with Gasteiger partial charge in [-0.1, -0.05) is 0 Å². The molecule has 1 rings (SSSR count). The van der Waals surface area contributed by atoms with Crippen LogP contribution in [0.25, 0.3) is 0 Å². The third-order valence-corrected chi connectivity index (χ3v) is 1.82. The summed E-state index contributed by atoms with van der Waals surface area (Å²) in [4.78, 5) is 0. The third-order valence-electron chi connectivity index (χ3n) is 1.82. The molecule has 0 bridgehead atoms. The Bertz CT molecular complexity index is 146. The molecule has 4 N–H and O–H groups in total. The first-order valence-corrected chi connectivity index (χ1v) is 3.36. The van der Waals surface area contributed by atoms with Gasteiger partial charge < -0.3 is 25.2 Å². The minimum atomic E-state index is -1.76. The summed E-state index contributed by atoms with van der Waals surface area (Å²) in [5.74, 6) is -1.76. The van der Waals surface area contributed by atoms with Crippen LogP contribution in [0.3, 0.4) is 0 Å². The summed E-state index contributed by atoms with van der Waals surface area (Å²) in [6.07, 6.45) is -3.49. The van der Waals surface area contributed by atoms with E-state index in [2.05, 4.69) is 0 Å². The molecule has 5 nitrogen and oxygen atoms in total. The summed E-state index contributed by atoms with van der Waals surface area (Å²) in [7, 11) is 0. The lowest BCUT2D eigenvalue weighted by atomic mass is 10.1. The summed E-state index contributed by atoms with van der Waals surface area (Å²) in [6.45, 7) is 0.810. The van der Waals surface area contributed by atoms with Crippen LogP contribution in [0.1, 0.15) is 6.92 Å². The summed E-state index contributed by atoms with van der Waals surface area (Å²) in [5.41, 5.74) is 0. The average Bonchev–Trinajstić information content (AvgIpc) is 2.13. The van der Waals surface area contributed by atoms with Crippen molar-refractivity contribution in [3.05, 3.63) is 0 Å². The maximum absolute atomic E-state index is 9.19. The monoisotopic (exact) mass is 164 g/mol. The van der Waals surface area contributed by atoms with E-state index in [1.54, 1.807) is 0 Å². The van der Waals surface area contributed by atoms with Gasteiger partial charge in [-0.25, -0.2) is 0 Å². The largest absolute Gasteiger partial charge is 0.394 e. The van der Waals surface area contributed by atoms with Gasteiger partial charge in [-0.3, -0.25) is 0 Å². The van der Waals surface area contributed by atoms with Gasteiger partial charge in [-0.15, -0.1) is 0 Å². The normalized spacial score (nSPS) is 51.5. The molecule has 0 amide bonds. The highest BCUT2D eigenvalue weighted by Gasteiger charge is 2.49. The molecule has 1 aliphatic heterocycles. The molecule has 0 aromatic heterocycles. The minimum absolute atomic E-state index is 0.422. The Balaban J connectivity index is 2.69. The van der Waals surface area contributed by atoms with Crippen LogP contribution in [0.2, 0.25) is 0 Å². The zero-order valence-corrected chi connectivity index (χ0v) is 6.14. The van der Waals surface area contributed by atoms with Crippen molar-refractivity contribution in [3.8, 4) is 0 Å². The quantitative estimate of drug-likeness (QED) is 0.353. The Morgan fingerprint density at radius 1 is 1.45 bits per heavy atom. The number of ether oxygens (including phenoxy) is 1. The summed E-state index contributed by atoms with van der Waals surface area (Å²) in [5, 5.41) is 36.0. The van der Waals surface area contributed by atoms with Crippen molar-refractivity contribution in [3.63, 3.8) is 0 Å². The van der Waals surface area contributed by atoms with Gasteiger partial charge in [0.1, 0.15) is 18.3 Å². The van der Waals surface area contributed by atoms with Gasteiger partial charge in [0.15, 0.2) is 5.79 Å². The molecule has 0 saturated carbocycles. The fourth-order valence-corrected chi connectivity index (χ4v) is 1.11. The number of hydrogen-bond donors (Lipinski definition) is 4. The van der Waals surface area contributed by atoms with Crippen LogP contribution in [0.15, 0.2) is 0 Å². The molecule has 0 radical (unpaired) electrons. The average molecular weight is 164 g/mol. The first-order chi connectivity index (χ1) is 4.99. The Hall–Kier alpha value is -0.200. The summed E-state index contributed by atoms with van der Waals surface area (Å²) >= 11 is 0. The van der Waals surface area contributed by atoms with Gasteiger partial charge in [-0.05, 0) is 6.92 Å². The lowest BCUT2D eigenvalue weighted by molar-refractivity contribution is -0.217. The van der Waals surface area contributed by atoms with Crippen molar-refractivity contribution in [2.24, 2.45) is 0 Å². The second-order valence-corrected chi connectivity index (χ2v) is 2.83. The van der Waals surface area contributed by atoms with Crippen LogP contribution in [-0.4, -0.2) is 51.1 Å². The van der Waals surface area contributed by atoms with E-state index in [1.165, 1.54) is 6.92 Å². The molecule has 1 aliphatic rings. The van der Waals surface area contributed by atoms with Crippen LogP contribution in [-0.2, 0) is 4.74 Å². The van der Waals surface area contributed by atoms with Crippen molar-refractivity contribution in [2.75, 3.05) is 6.61 Å². The molecule has 0 aromatic rings. The van der Waals surface area contributed by atoms with E-state index in [-0.39, 0.29) is 0 Å². The van der Waals surface area contributed by atoms with Crippen molar-refractivity contribution in [1.82, 2.24) is 0 Å². The van der Waals surface area contributed by atoms with Crippen molar-refractivity contribution < 1.29 is 25.2 Å². The number of rotatable bonds is 1. The molecular weight excluding hydrogens is 152 g/mol. The van der Waals surface area contributed by atoms with Gasteiger partial charge in [0, 0.05) is 0 Å². The second kappa shape index (κ2) is 2.69. The molecule has 1 fully saturated rings. The highest BCUT2D eigenvalue weighted by molar-refractivity contribution is 4.92. The van der Waals surface area contributed by atoms with Crippen LogP contribution in [0.5, 0.6) is 0 Å². The molecular formula is C6H12O5. The lowest BCUT2D eigenvalue weighted by Gasteiger charge is -2.19. The van der Waals surface area contributed by atoms with Gasteiger partial charge in [0.05, 0.1) is 6.61 Å². The Labute approximate surface area is 63.8 Å². The molecule has 11 heavy (non-hydrogen) atoms. The molecule has 4 atom stereocenters. The third kappa shape index (κ3) is 1.38. The zero-order chi connectivity index (χ0) is 8.65. The van der Waals surface area contributed by atoms with Crippen LogP contribution >= 0.6 is 0 Å². The Morgan fingerprint density at radius 2 is 2.00 bits per heavy atom. The van der Waals surface area contributed by atoms with Gasteiger partial charge in [0.25, 0.3) is 0 Å². The minimum Gasteiger partial charge on any atom is -0.394 e. The summed E-state index contributed by atoms with van der Waals surface area (Å²) < 4.78 is 4.73. The zero-order valence-electron chi connectivity index (χ0n) is 6.14. The van der Waals surface area contributed by atoms with Gasteiger partial charge in [0.2, 0.25) is 0 Å². The van der Waals surface area contributed by atoms with Crippen molar-refractivity contribution in [2.45, 2.75) is 31.0 Å². The van der Waals surface area contributed by atoms with E-state index in [1.807, 2.05) is 0 Å². The first-order valence-electron chi connectivity index (χ1n) is 3.36. The first kappa shape index (κ1) is 8.89. The van der Waals surface area contributed by atoms with Gasteiger partial charge in [-0.2, -0.15) is 0 Å². The molecule has 1 saturated heterocycles. The molecule has 0 aromatic carbocycles. The van der Waals surface area contributed by atoms with E-state index in [0.717, 1.165) is 0 Å². The highest BCUT2D eigenvalue weighted by Crippen LogP contribution is 2.27. The topological polar surface area (TPSA) is 90.2 Å². The fourth-order valence-electron chi connectivity index (χ4n) is 1.11. The molecule has 66 valence electrons. The highest BCUT2D eigenvalue weighted by atomic mass is 16.7. The molecule has 1 heterocycles.